The summed E-state index contributed by atoms with van der Waals surface area (Å²) in [6, 6.07) is 7.29. The molecule has 0 aliphatic heterocycles. The molecule has 0 fully saturated rings. The van der Waals surface area contributed by atoms with Crippen molar-refractivity contribution in [1.82, 2.24) is 20.2 Å². The first kappa shape index (κ1) is 36.1. The number of hydrogen-bond donors (Lipinski definition) is 4. The number of carbonyl (C=O) groups is 2. The van der Waals surface area contributed by atoms with Gasteiger partial charge in [0.1, 0.15) is 0 Å². The average molecular weight is 622 g/mol. The van der Waals surface area contributed by atoms with Crippen molar-refractivity contribution in [3.63, 3.8) is 0 Å². The molecule has 0 aliphatic rings. The molecule has 3 N–H and O–H groups in total. The number of nitrogens with zero attached hydrogens (tertiary/aromatic N) is 2. The van der Waals surface area contributed by atoms with Gasteiger partial charge in [0, 0.05) is 35.2 Å². The fourth-order valence-corrected chi connectivity index (χ4v) is 5.26. The normalized spacial score (nSPS) is 12.8. The molecule has 9 nitrogen and oxygen atoms in total. The van der Waals surface area contributed by atoms with E-state index in [9.17, 15) is 9.59 Å². The maximum atomic E-state index is 13.2. The molecule has 236 valence electrons. The van der Waals surface area contributed by atoms with Gasteiger partial charge in [0.15, 0.2) is 0 Å². The van der Waals surface area contributed by atoms with Gasteiger partial charge in [-0.1, -0.05) is 86.9 Å². The second kappa shape index (κ2) is 15.6. The topological polar surface area (TPSA) is 118 Å². The van der Waals surface area contributed by atoms with Crippen molar-refractivity contribution in [2.24, 2.45) is 21.7 Å². The Hall–Kier alpha value is -2.08. The van der Waals surface area contributed by atoms with Crippen LogP contribution in [0, 0.1) is 21.7 Å². The van der Waals surface area contributed by atoms with E-state index in [-0.39, 0.29) is 22.6 Å². The zero-order chi connectivity index (χ0) is 31.6. The van der Waals surface area contributed by atoms with Crippen LogP contribution in [-0.4, -0.2) is 54.1 Å². The van der Waals surface area contributed by atoms with E-state index in [1.807, 2.05) is 58.9 Å². The number of nitrogens with one attached hydrogen (secondary N) is 3. The Labute approximate surface area is 262 Å². The lowest BCUT2D eigenvalue weighted by atomic mass is 9.74. The summed E-state index contributed by atoms with van der Waals surface area (Å²) in [6.07, 6.45) is 2.15. The number of hydrogen-bond acceptors (Lipinski definition) is 9. The molecule has 42 heavy (non-hydrogen) atoms. The number of thioether (sulfide) groups is 1. The van der Waals surface area contributed by atoms with Crippen LogP contribution in [0.25, 0.3) is 11.5 Å². The fraction of sp³-hybridized carbons (Fsp3) is 0.677. The largest absolute Gasteiger partial charge is 0.411 e. The van der Waals surface area contributed by atoms with Gasteiger partial charge in [-0.25, -0.2) is 0 Å². The predicted octanol–water partition coefficient (Wildman–Crippen LogP) is 6.63. The number of rotatable bonds is 18. The summed E-state index contributed by atoms with van der Waals surface area (Å²) >= 11 is 5.55. The van der Waals surface area contributed by atoms with E-state index >= 15 is 0 Å². The molecule has 1 aromatic heterocycles. The lowest BCUT2D eigenvalue weighted by Gasteiger charge is -2.33. The van der Waals surface area contributed by atoms with Crippen LogP contribution in [0.2, 0.25) is 0 Å². The molecular formula is C31H51N5O4S2. The third-order valence-corrected chi connectivity index (χ3v) is 8.09. The number of anilines is 1. The van der Waals surface area contributed by atoms with Gasteiger partial charge in [0.25, 0.3) is 5.22 Å². The number of carbonyl (C=O) groups excluding carboxylic acids is 2. The minimum absolute atomic E-state index is 0.0648. The van der Waals surface area contributed by atoms with Crippen LogP contribution in [0.4, 0.5) is 5.69 Å². The Bertz CT molecular complexity index is 1150. The molecule has 0 saturated heterocycles. The monoisotopic (exact) mass is 621 g/mol. The molecule has 0 radical (unpaired) electrons. The van der Waals surface area contributed by atoms with Crippen molar-refractivity contribution in [2.45, 2.75) is 86.8 Å². The first-order valence-electron chi connectivity index (χ1n) is 14.6. The molecule has 0 bridgehead atoms. The van der Waals surface area contributed by atoms with E-state index in [2.05, 4.69) is 66.1 Å². The zero-order valence-electron chi connectivity index (χ0n) is 26.8. The maximum absolute atomic E-state index is 13.2. The molecule has 11 heteroatoms. The van der Waals surface area contributed by atoms with Crippen LogP contribution in [0.3, 0.4) is 0 Å². The molecule has 1 heterocycles. The molecule has 0 unspecified atom stereocenters. The summed E-state index contributed by atoms with van der Waals surface area (Å²) in [7, 11) is 0. The Balaban J connectivity index is 1.85. The van der Waals surface area contributed by atoms with Gasteiger partial charge in [-0.15, -0.1) is 10.2 Å². The van der Waals surface area contributed by atoms with Crippen molar-refractivity contribution in [1.29, 1.82) is 0 Å². The summed E-state index contributed by atoms with van der Waals surface area (Å²) in [5.74, 6) is 1.07. The molecule has 0 spiro atoms. The van der Waals surface area contributed by atoms with Gasteiger partial charge < -0.3 is 19.8 Å². The van der Waals surface area contributed by atoms with Gasteiger partial charge in [-0.3, -0.25) is 14.3 Å². The van der Waals surface area contributed by atoms with Crippen molar-refractivity contribution in [3.8, 4) is 11.5 Å². The van der Waals surface area contributed by atoms with Gasteiger partial charge in [-0.05, 0) is 60.1 Å². The van der Waals surface area contributed by atoms with E-state index in [0.717, 1.165) is 30.7 Å². The molecule has 2 aromatic rings. The molecule has 0 atom stereocenters. The number of ether oxygens (including phenoxy) is 1. The van der Waals surface area contributed by atoms with Gasteiger partial charge in [0.05, 0.1) is 13.2 Å². The first-order valence-corrected chi connectivity index (χ1v) is 16.0. The highest BCUT2D eigenvalue weighted by molar-refractivity contribution is 7.99. The Morgan fingerprint density at radius 2 is 1.45 bits per heavy atom. The minimum Gasteiger partial charge on any atom is -0.411 e. The van der Waals surface area contributed by atoms with E-state index in [0.29, 0.717) is 43.0 Å². The molecule has 2 rings (SSSR count). The van der Waals surface area contributed by atoms with Crippen molar-refractivity contribution in [2.75, 3.05) is 37.4 Å². The number of aromatic nitrogens is 2. The minimum atomic E-state index is -0.777. The zero-order valence-corrected chi connectivity index (χ0v) is 28.6. The standard InChI is InChI=1S/C31H51N5O4S2/c1-10-42-27-36-35-24(40-27)22-11-13-23(14-12-22)34-26(38)31(8,9)19-30(6,7)25(37)32-17-15-28(2,3)20-39-21-29(4,5)16-18-33-41/h11-14,33,41H,10,15-21H2,1-9H3,(H,32,37)(H,34,38). The first-order chi connectivity index (χ1) is 19.5. The lowest BCUT2D eigenvalue weighted by Crippen LogP contribution is -2.44. The molecule has 0 saturated carbocycles. The van der Waals surface area contributed by atoms with Gasteiger partial charge in [0.2, 0.25) is 17.7 Å². The van der Waals surface area contributed by atoms with Crippen LogP contribution in [0.1, 0.15) is 81.6 Å². The Kier molecular flexibility index (Phi) is 13.4. The summed E-state index contributed by atoms with van der Waals surface area (Å²) in [6.45, 7) is 20.9. The third-order valence-electron chi connectivity index (χ3n) is 7.16. The summed E-state index contributed by atoms with van der Waals surface area (Å²) < 4.78 is 14.6. The highest BCUT2D eigenvalue weighted by Gasteiger charge is 2.39. The second-order valence-electron chi connectivity index (χ2n) is 13.8. The van der Waals surface area contributed by atoms with Crippen molar-refractivity contribution in [3.05, 3.63) is 24.3 Å². The second-order valence-corrected chi connectivity index (χ2v) is 15.3. The quantitative estimate of drug-likeness (QED) is 0.108. The predicted molar refractivity (Wildman–Crippen MR) is 175 cm³/mol. The van der Waals surface area contributed by atoms with Gasteiger partial charge in [-0.2, -0.15) is 0 Å². The highest BCUT2D eigenvalue weighted by Crippen LogP contribution is 2.35. The Morgan fingerprint density at radius 1 is 0.881 bits per heavy atom. The molecular weight excluding hydrogens is 571 g/mol. The number of benzene rings is 1. The maximum Gasteiger partial charge on any atom is 0.276 e. The molecule has 1 aromatic carbocycles. The fourth-order valence-electron chi connectivity index (χ4n) is 4.67. The van der Waals surface area contributed by atoms with Gasteiger partial charge >= 0.3 is 0 Å². The number of amides is 2. The lowest BCUT2D eigenvalue weighted by molar-refractivity contribution is -0.133. The van der Waals surface area contributed by atoms with Crippen LogP contribution in [0.15, 0.2) is 33.9 Å². The van der Waals surface area contributed by atoms with Crippen LogP contribution in [0.5, 0.6) is 0 Å². The highest BCUT2D eigenvalue weighted by atomic mass is 32.2. The van der Waals surface area contributed by atoms with Crippen LogP contribution >= 0.6 is 24.6 Å². The van der Waals surface area contributed by atoms with Crippen molar-refractivity contribution >= 4 is 42.1 Å². The van der Waals surface area contributed by atoms with E-state index < -0.39 is 10.8 Å². The van der Waals surface area contributed by atoms with E-state index in [4.69, 9.17) is 9.15 Å². The van der Waals surface area contributed by atoms with E-state index in [1.165, 1.54) is 11.8 Å². The summed E-state index contributed by atoms with van der Waals surface area (Å²) in [5.41, 5.74) is -0.0821. The van der Waals surface area contributed by atoms with Crippen LogP contribution in [-0.2, 0) is 14.3 Å². The molecule has 0 aliphatic carbocycles. The van der Waals surface area contributed by atoms with Crippen LogP contribution < -0.4 is 15.4 Å². The smallest absolute Gasteiger partial charge is 0.276 e. The van der Waals surface area contributed by atoms with E-state index in [1.54, 1.807) is 0 Å². The number of thiol groups is 1. The molecule has 2 amide bonds. The summed E-state index contributed by atoms with van der Waals surface area (Å²) in [5, 5.41) is 14.7. The third kappa shape index (κ3) is 11.9. The average Bonchev–Trinajstić information content (AvgIpc) is 3.35. The SMILES string of the molecule is CCSc1nnc(-c2ccc(NC(=O)C(C)(C)CC(C)(C)C(=O)NCCC(C)(C)COCC(C)(C)CCNS)cc2)o1. The summed E-state index contributed by atoms with van der Waals surface area (Å²) in [4.78, 5) is 26.4. The Morgan fingerprint density at radius 3 is 2.02 bits per heavy atom. The van der Waals surface area contributed by atoms with Crippen molar-refractivity contribution < 1.29 is 18.7 Å².